The van der Waals surface area contributed by atoms with Crippen molar-refractivity contribution in [2.75, 3.05) is 26.2 Å². The molecule has 0 bridgehead atoms. The van der Waals surface area contributed by atoms with Crippen molar-refractivity contribution in [3.63, 3.8) is 0 Å². The molecule has 25 heteroatoms. The molecule has 0 radical (unpaired) electrons. The Morgan fingerprint density at radius 3 is 1.32 bits per heavy atom. The van der Waals surface area contributed by atoms with Crippen LogP contribution in [0.5, 0.6) is 0 Å². The van der Waals surface area contributed by atoms with Gasteiger partial charge >= 0.3 is 24.3 Å². The van der Waals surface area contributed by atoms with Crippen molar-refractivity contribution in [3.8, 4) is 0 Å². The number of amidine groups is 2. The number of carbonyl (C=O) groups excluding carboxylic acids is 2. The average molecular weight is 1220 g/mol. The summed E-state index contributed by atoms with van der Waals surface area (Å²) >= 11 is 3.37. The quantitative estimate of drug-likeness (QED) is 0.139. The van der Waals surface area contributed by atoms with Crippen LogP contribution in [0.3, 0.4) is 0 Å². The number of aromatic carboxylic acids is 2. The fraction of sp³-hybridized carbons (Fsp3) is 0.593. The smallest absolute Gasteiger partial charge is 0.389 e. The van der Waals surface area contributed by atoms with Crippen LogP contribution in [0.25, 0.3) is 6.08 Å². The maximum Gasteiger partial charge on any atom is 0.389 e. The van der Waals surface area contributed by atoms with Crippen LogP contribution in [-0.2, 0) is 29.6 Å². The van der Waals surface area contributed by atoms with Crippen LogP contribution < -0.4 is 10.6 Å². The van der Waals surface area contributed by atoms with Gasteiger partial charge in [0.15, 0.2) is 0 Å². The maximum atomic E-state index is 13.0. The minimum absolute atomic E-state index is 0.000785. The summed E-state index contributed by atoms with van der Waals surface area (Å²) in [4.78, 5) is 56.8. The van der Waals surface area contributed by atoms with Crippen LogP contribution in [0.4, 0.5) is 26.3 Å². The van der Waals surface area contributed by atoms with Crippen LogP contribution >= 0.6 is 15.9 Å². The number of halogens is 7. The Hall–Kier alpha value is -4.98. The highest BCUT2D eigenvalue weighted by atomic mass is 79.9. The van der Waals surface area contributed by atoms with Gasteiger partial charge < -0.3 is 20.8 Å². The molecule has 2 saturated carbocycles. The fourth-order valence-corrected chi connectivity index (χ4v) is 13.6. The first-order chi connectivity index (χ1) is 36.8. The number of aryl methyl sites for hydroxylation is 4. The van der Waals surface area contributed by atoms with Crippen molar-refractivity contribution in [3.05, 3.63) is 85.1 Å². The molecular formula is C54H69BrF6N6O10S2. The molecule has 436 valence electrons. The zero-order chi connectivity index (χ0) is 58.5. The molecule has 6 aliphatic rings. The number of carbonyl (C=O) groups is 4. The molecule has 16 nitrogen and oxygen atoms in total. The van der Waals surface area contributed by atoms with Gasteiger partial charge in [-0.2, -0.15) is 35.0 Å². The summed E-state index contributed by atoms with van der Waals surface area (Å²) in [5, 5.41) is 25.7. The molecule has 0 unspecified atom stereocenters. The number of aliphatic imine (C=N–C) groups is 2. The Morgan fingerprint density at radius 1 is 0.646 bits per heavy atom. The van der Waals surface area contributed by atoms with Gasteiger partial charge in [0.2, 0.25) is 20.0 Å². The summed E-state index contributed by atoms with van der Waals surface area (Å²) in [6.07, 6.45) is -1.38. The zero-order valence-electron chi connectivity index (χ0n) is 44.6. The number of hydrogen-bond donors (Lipinski definition) is 4. The molecule has 2 aromatic carbocycles. The SMILES string of the molecule is C=CS(=O)(=O)N1CCC2(CC1)N=C(C1CCC(CCC(F)(F)F)CC1)NC2=O.Cc1cc(C(=O)O)cc(C)c1/C=C/S(=O)(=O)N1CCC2(CC1)N=C(C1CCC(CCC(F)(F)F)CC1)NC2=O.Cc1cc(C(=O)O)cc(C)c1Br. The number of piperidine rings is 2. The number of carboxylic acids is 2. The van der Waals surface area contributed by atoms with E-state index in [-0.39, 0.29) is 92.9 Å². The van der Waals surface area contributed by atoms with E-state index in [9.17, 15) is 67.5 Å². The number of hydrogen-bond acceptors (Lipinski definition) is 10. The summed E-state index contributed by atoms with van der Waals surface area (Å²) in [5.74, 6) is -1.02. The second-order valence-corrected chi connectivity index (χ2v) is 26.1. The zero-order valence-corrected chi connectivity index (χ0v) is 47.8. The van der Waals surface area contributed by atoms with Crippen molar-refractivity contribution in [1.29, 1.82) is 0 Å². The predicted molar refractivity (Wildman–Crippen MR) is 290 cm³/mol. The highest BCUT2D eigenvalue weighted by Gasteiger charge is 2.50. The number of amides is 2. The van der Waals surface area contributed by atoms with Crippen molar-refractivity contribution in [1.82, 2.24) is 19.2 Å². The molecule has 2 amide bonds. The number of nitrogens with zero attached hydrogens (tertiary/aromatic N) is 4. The standard InChI is InChI=1S/C27H34F3N3O5S.C18H26F3N3O3S.C9H9BrO2/c1-17-15-21(24(34)35)16-18(2)22(17)8-14-39(37,38)33-12-10-26(11-13-33)25(36)31-23(32-26)20-5-3-19(4-6-20)7-9-27(28,29)30;1-2-28(26,27)24-11-9-17(10-12-24)16(25)22-15(23-17)14-5-3-13(4-6-14)7-8-18(19,20)21;1-5-3-7(9(11)12)4-6(2)8(5)10/h8,14-16,19-20H,3-7,9-13H2,1-2H3,(H,34,35)(H,31,32,36);2,13-14H,1,3-12H2,(H,22,23,25);3-4H,1-2H3,(H,11,12)/b14-8+;;. The molecule has 2 aliphatic carbocycles. The summed E-state index contributed by atoms with van der Waals surface area (Å²) in [5.41, 5.74) is 2.37. The van der Waals surface area contributed by atoms with Gasteiger partial charge in [-0.25, -0.2) is 26.4 Å². The van der Waals surface area contributed by atoms with Gasteiger partial charge in [0.1, 0.15) is 22.7 Å². The van der Waals surface area contributed by atoms with E-state index in [2.05, 4.69) is 38.1 Å². The van der Waals surface area contributed by atoms with E-state index in [0.717, 1.165) is 26.4 Å². The summed E-state index contributed by atoms with van der Waals surface area (Å²) in [6.45, 7) is 11.2. The molecule has 2 saturated heterocycles. The molecule has 0 aromatic heterocycles. The van der Waals surface area contributed by atoms with Crippen molar-refractivity contribution >= 4 is 77.5 Å². The van der Waals surface area contributed by atoms with Crippen LogP contribution in [0.15, 0.2) is 56.1 Å². The first-order valence-corrected chi connectivity index (χ1v) is 30.2. The average Bonchev–Trinajstić information content (AvgIpc) is 3.93. The fourth-order valence-electron chi connectivity index (χ4n) is 11.3. The van der Waals surface area contributed by atoms with E-state index in [1.165, 1.54) is 26.8 Å². The molecular weight excluding hydrogens is 1150 g/mol. The lowest BCUT2D eigenvalue weighted by Crippen LogP contribution is -2.50. The second kappa shape index (κ2) is 25.4. The molecule has 4 heterocycles. The summed E-state index contributed by atoms with van der Waals surface area (Å²) in [6, 6.07) is 6.30. The predicted octanol–water partition coefficient (Wildman–Crippen LogP) is 10.5. The Morgan fingerprint density at radius 2 is 0.987 bits per heavy atom. The van der Waals surface area contributed by atoms with E-state index in [1.54, 1.807) is 26.0 Å². The van der Waals surface area contributed by atoms with Gasteiger partial charge in [0, 0.05) is 66.1 Å². The van der Waals surface area contributed by atoms with Crippen LogP contribution in [-0.4, -0.2) is 121 Å². The monoisotopic (exact) mass is 1220 g/mol. The van der Waals surface area contributed by atoms with Gasteiger partial charge in [0.25, 0.3) is 11.8 Å². The lowest BCUT2D eigenvalue weighted by atomic mass is 9.79. The summed E-state index contributed by atoms with van der Waals surface area (Å²) < 4.78 is 128. The first kappa shape index (κ1) is 63.2. The Balaban J connectivity index is 0.000000218. The number of nitrogens with one attached hydrogen (secondary N) is 2. The number of rotatable bonds is 13. The highest BCUT2D eigenvalue weighted by molar-refractivity contribution is 9.10. The number of carboxylic acid groups (broad SMARTS) is 2. The Kier molecular flexibility index (Phi) is 20.4. The van der Waals surface area contributed by atoms with Gasteiger partial charge in [-0.15, -0.1) is 0 Å². The van der Waals surface area contributed by atoms with Crippen LogP contribution in [0, 0.1) is 51.4 Å². The molecule has 4 N–H and O–H groups in total. The second-order valence-electron chi connectivity index (χ2n) is 21.6. The molecule has 2 spiro atoms. The van der Waals surface area contributed by atoms with E-state index in [4.69, 9.17) is 10.1 Å². The largest absolute Gasteiger partial charge is 0.478 e. The van der Waals surface area contributed by atoms with E-state index >= 15 is 0 Å². The molecule has 79 heavy (non-hydrogen) atoms. The highest BCUT2D eigenvalue weighted by Crippen LogP contribution is 2.41. The first-order valence-electron chi connectivity index (χ1n) is 26.4. The number of alkyl halides is 6. The maximum absolute atomic E-state index is 13.0. The molecule has 8 rings (SSSR count). The minimum atomic E-state index is -4.14. The van der Waals surface area contributed by atoms with Crippen LogP contribution in [0.2, 0.25) is 0 Å². The van der Waals surface area contributed by atoms with Crippen LogP contribution in [0.1, 0.15) is 151 Å². The third-order valence-electron chi connectivity index (χ3n) is 16.1. The third kappa shape index (κ3) is 16.4. The van der Waals surface area contributed by atoms with E-state index < -0.39 is 68.3 Å². The van der Waals surface area contributed by atoms with Gasteiger partial charge in [-0.1, -0.05) is 22.5 Å². The lowest BCUT2D eigenvalue weighted by molar-refractivity contribution is -0.139. The topological polar surface area (TPSA) is 232 Å². The Bertz CT molecular complexity index is 2910. The lowest BCUT2D eigenvalue weighted by Gasteiger charge is -2.34. The van der Waals surface area contributed by atoms with Crippen molar-refractivity contribution in [2.24, 2.45) is 33.7 Å². The summed E-state index contributed by atoms with van der Waals surface area (Å²) in [7, 11) is -7.29. The minimum Gasteiger partial charge on any atom is -0.478 e. The van der Waals surface area contributed by atoms with Gasteiger partial charge in [-0.05, 0) is 188 Å². The van der Waals surface area contributed by atoms with Crippen molar-refractivity contribution in [2.45, 2.75) is 154 Å². The number of benzene rings is 2. The van der Waals surface area contributed by atoms with Gasteiger partial charge in [-0.3, -0.25) is 19.6 Å². The molecule has 0 atom stereocenters. The molecule has 4 aliphatic heterocycles. The van der Waals surface area contributed by atoms with Gasteiger partial charge in [0.05, 0.1) is 11.1 Å². The molecule has 4 fully saturated rings. The number of sulfonamides is 2. The Labute approximate surface area is 465 Å². The molecule has 2 aromatic rings. The van der Waals surface area contributed by atoms with Crippen molar-refractivity contribution < 1.29 is 72.6 Å². The van der Waals surface area contributed by atoms with E-state index in [0.29, 0.717) is 98.1 Å². The normalized spacial score (nSPS) is 23.7. The van der Waals surface area contributed by atoms with E-state index in [1.807, 2.05) is 13.8 Å². The third-order valence-corrected chi connectivity index (χ3v) is 20.4.